The number of rotatable bonds is 4. The van der Waals surface area contributed by atoms with E-state index in [1.165, 1.54) is 4.90 Å². The van der Waals surface area contributed by atoms with Crippen molar-refractivity contribution in [1.82, 2.24) is 20.1 Å². The molecule has 0 aliphatic heterocycles. The Labute approximate surface area is 122 Å². The third-order valence-electron chi connectivity index (χ3n) is 3.64. The van der Waals surface area contributed by atoms with Crippen molar-refractivity contribution >= 4 is 17.9 Å². The number of aryl methyl sites for hydroxylation is 2. The third kappa shape index (κ3) is 3.87. The van der Waals surface area contributed by atoms with Crippen LogP contribution in [0.1, 0.15) is 37.1 Å². The molecule has 1 heterocycles. The molecule has 21 heavy (non-hydrogen) atoms. The smallest absolute Gasteiger partial charge is 0.325 e. The molecule has 1 aliphatic rings. The molecule has 1 aliphatic carbocycles. The average Bonchev–Trinajstić information content (AvgIpc) is 2.93. The predicted molar refractivity (Wildman–Crippen MR) is 74.9 cm³/mol. The van der Waals surface area contributed by atoms with E-state index in [-0.39, 0.29) is 18.5 Å². The van der Waals surface area contributed by atoms with Crippen LogP contribution in [0.25, 0.3) is 0 Å². The van der Waals surface area contributed by atoms with Crippen molar-refractivity contribution in [3.05, 3.63) is 11.4 Å². The Bertz CT molecular complexity index is 543. The molecule has 2 rings (SSSR count). The van der Waals surface area contributed by atoms with Gasteiger partial charge in [0.05, 0.1) is 11.4 Å². The number of hydrogen-bond acceptors (Lipinski definition) is 5. The van der Waals surface area contributed by atoms with Crippen LogP contribution in [0.4, 0.5) is 10.7 Å². The van der Waals surface area contributed by atoms with E-state index in [2.05, 4.69) is 20.5 Å². The fraction of sp³-hybridized carbons (Fsp3) is 0.615. The van der Waals surface area contributed by atoms with Gasteiger partial charge in [0.2, 0.25) is 0 Å². The summed E-state index contributed by atoms with van der Waals surface area (Å²) in [5.41, 5.74) is 1.36. The first-order chi connectivity index (χ1) is 9.97. The van der Waals surface area contributed by atoms with Crippen LogP contribution in [0, 0.1) is 13.8 Å². The van der Waals surface area contributed by atoms with Crippen LogP contribution in [0.2, 0.25) is 0 Å². The molecule has 0 aromatic carbocycles. The number of urea groups is 1. The second-order valence-corrected chi connectivity index (χ2v) is 5.20. The lowest BCUT2D eigenvalue weighted by Gasteiger charge is -2.27. The zero-order chi connectivity index (χ0) is 15.4. The van der Waals surface area contributed by atoms with Gasteiger partial charge in [-0.25, -0.2) is 9.78 Å². The lowest BCUT2D eigenvalue weighted by atomic mass is 10.2. The lowest BCUT2D eigenvalue weighted by molar-refractivity contribution is -0.138. The Hall–Kier alpha value is -2.25. The first-order valence-electron chi connectivity index (χ1n) is 6.94. The SMILES string of the molecule is Cc1nnc(NC(=O)N(CC(=O)O)C2CCCC2)nc1C. The van der Waals surface area contributed by atoms with E-state index < -0.39 is 12.0 Å². The first kappa shape index (κ1) is 15.1. The topological polar surface area (TPSA) is 108 Å². The van der Waals surface area contributed by atoms with Crippen molar-refractivity contribution in [3.8, 4) is 0 Å². The Balaban J connectivity index is 2.09. The third-order valence-corrected chi connectivity index (χ3v) is 3.64. The highest BCUT2D eigenvalue weighted by Gasteiger charge is 2.28. The Morgan fingerprint density at radius 2 is 1.90 bits per heavy atom. The fourth-order valence-corrected chi connectivity index (χ4v) is 2.41. The highest BCUT2D eigenvalue weighted by molar-refractivity contribution is 5.90. The predicted octanol–water partition coefficient (Wildman–Crippen LogP) is 1.35. The van der Waals surface area contributed by atoms with Crippen molar-refractivity contribution in [2.75, 3.05) is 11.9 Å². The number of carboxylic acids is 1. The Kier molecular flexibility index (Phi) is 4.66. The lowest BCUT2D eigenvalue weighted by Crippen LogP contribution is -2.44. The van der Waals surface area contributed by atoms with Crippen LogP contribution in [-0.2, 0) is 4.79 Å². The van der Waals surface area contributed by atoms with Crippen molar-refractivity contribution in [3.63, 3.8) is 0 Å². The van der Waals surface area contributed by atoms with Gasteiger partial charge in [-0.3, -0.25) is 10.1 Å². The molecular weight excluding hydrogens is 274 g/mol. The molecule has 0 bridgehead atoms. The number of anilines is 1. The molecule has 1 aromatic rings. The summed E-state index contributed by atoms with van der Waals surface area (Å²) in [6, 6.07) is -0.532. The molecule has 1 saturated carbocycles. The maximum atomic E-state index is 12.3. The number of aromatic nitrogens is 3. The van der Waals surface area contributed by atoms with Gasteiger partial charge in [0, 0.05) is 6.04 Å². The maximum absolute atomic E-state index is 12.3. The van der Waals surface area contributed by atoms with E-state index in [0.717, 1.165) is 25.7 Å². The zero-order valence-electron chi connectivity index (χ0n) is 12.2. The van der Waals surface area contributed by atoms with E-state index in [1.807, 2.05) is 0 Å². The number of hydrogen-bond donors (Lipinski definition) is 2. The van der Waals surface area contributed by atoms with E-state index in [9.17, 15) is 9.59 Å². The molecule has 2 N–H and O–H groups in total. The summed E-state index contributed by atoms with van der Waals surface area (Å²) in [4.78, 5) is 28.7. The summed E-state index contributed by atoms with van der Waals surface area (Å²) in [5.74, 6) is -0.937. The molecule has 1 aromatic heterocycles. The minimum Gasteiger partial charge on any atom is -0.480 e. The van der Waals surface area contributed by atoms with Crippen molar-refractivity contribution in [1.29, 1.82) is 0 Å². The Morgan fingerprint density at radius 1 is 1.24 bits per heavy atom. The summed E-state index contributed by atoms with van der Waals surface area (Å²) in [7, 11) is 0. The van der Waals surface area contributed by atoms with Gasteiger partial charge in [-0.05, 0) is 26.7 Å². The number of amides is 2. The highest BCUT2D eigenvalue weighted by atomic mass is 16.4. The molecule has 8 nitrogen and oxygen atoms in total. The molecule has 2 amide bonds. The van der Waals surface area contributed by atoms with E-state index >= 15 is 0 Å². The molecule has 114 valence electrons. The minimum absolute atomic E-state index is 0.0411. The number of aliphatic carboxylic acids is 1. The normalized spacial score (nSPS) is 15.0. The number of carbonyl (C=O) groups is 2. The van der Waals surface area contributed by atoms with Crippen LogP contribution < -0.4 is 5.32 Å². The number of nitrogens with zero attached hydrogens (tertiary/aromatic N) is 4. The van der Waals surface area contributed by atoms with Crippen molar-refractivity contribution < 1.29 is 14.7 Å². The number of nitrogens with one attached hydrogen (secondary N) is 1. The van der Waals surface area contributed by atoms with Crippen molar-refractivity contribution in [2.24, 2.45) is 0 Å². The van der Waals surface area contributed by atoms with Crippen LogP contribution in [0.3, 0.4) is 0 Å². The fourth-order valence-electron chi connectivity index (χ4n) is 2.41. The van der Waals surface area contributed by atoms with Gasteiger partial charge in [-0.15, -0.1) is 5.10 Å². The monoisotopic (exact) mass is 293 g/mol. The van der Waals surface area contributed by atoms with Crippen molar-refractivity contribution in [2.45, 2.75) is 45.6 Å². The molecule has 8 heteroatoms. The number of carboxylic acid groups (broad SMARTS) is 1. The van der Waals surface area contributed by atoms with Crippen LogP contribution in [-0.4, -0.2) is 49.8 Å². The second-order valence-electron chi connectivity index (χ2n) is 5.20. The van der Waals surface area contributed by atoms with Gasteiger partial charge in [-0.2, -0.15) is 5.10 Å². The molecule has 1 fully saturated rings. The van der Waals surface area contributed by atoms with Gasteiger partial charge in [0.25, 0.3) is 5.95 Å². The largest absolute Gasteiger partial charge is 0.480 e. The number of carbonyl (C=O) groups excluding carboxylic acids is 1. The van der Waals surface area contributed by atoms with E-state index in [4.69, 9.17) is 5.11 Å². The van der Waals surface area contributed by atoms with Gasteiger partial charge < -0.3 is 10.0 Å². The summed E-state index contributed by atoms with van der Waals surface area (Å²) in [6.45, 7) is 3.22. The van der Waals surface area contributed by atoms with Gasteiger partial charge >= 0.3 is 12.0 Å². The average molecular weight is 293 g/mol. The first-order valence-corrected chi connectivity index (χ1v) is 6.94. The standard InChI is InChI=1S/C13H19N5O3/c1-8-9(2)16-17-12(14-8)15-13(21)18(7-11(19)20)10-5-3-4-6-10/h10H,3-7H2,1-2H3,(H,19,20)(H,14,15,17,21). The van der Waals surface area contributed by atoms with Gasteiger partial charge in [-0.1, -0.05) is 12.8 Å². The molecular formula is C13H19N5O3. The van der Waals surface area contributed by atoms with Crippen LogP contribution >= 0.6 is 0 Å². The minimum atomic E-state index is -1.03. The zero-order valence-corrected chi connectivity index (χ0v) is 12.2. The molecule has 0 atom stereocenters. The summed E-state index contributed by atoms with van der Waals surface area (Å²) < 4.78 is 0. The summed E-state index contributed by atoms with van der Waals surface area (Å²) in [5, 5.41) is 19.2. The quantitative estimate of drug-likeness (QED) is 0.867. The van der Waals surface area contributed by atoms with Gasteiger partial charge in [0.15, 0.2) is 0 Å². The molecule has 0 radical (unpaired) electrons. The summed E-state index contributed by atoms with van der Waals surface area (Å²) >= 11 is 0. The maximum Gasteiger partial charge on any atom is 0.325 e. The molecule has 0 saturated heterocycles. The van der Waals surface area contributed by atoms with Gasteiger partial charge in [0.1, 0.15) is 6.54 Å². The van der Waals surface area contributed by atoms with Crippen LogP contribution in [0.5, 0.6) is 0 Å². The highest BCUT2D eigenvalue weighted by Crippen LogP contribution is 2.23. The van der Waals surface area contributed by atoms with E-state index in [0.29, 0.717) is 11.4 Å². The molecule has 0 spiro atoms. The van der Waals surface area contributed by atoms with E-state index in [1.54, 1.807) is 13.8 Å². The second kappa shape index (κ2) is 6.47. The summed E-state index contributed by atoms with van der Waals surface area (Å²) in [6.07, 6.45) is 3.67. The van der Waals surface area contributed by atoms with Crippen LogP contribution in [0.15, 0.2) is 0 Å². The Morgan fingerprint density at radius 3 is 2.48 bits per heavy atom. The molecule has 0 unspecified atom stereocenters.